The molecule has 2 aromatic rings. The maximum atomic E-state index is 6.18. The zero-order valence-electron chi connectivity index (χ0n) is 11.0. The molecule has 0 aliphatic rings. The summed E-state index contributed by atoms with van der Waals surface area (Å²) < 4.78 is 2.14. The Morgan fingerprint density at radius 1 is 1.39 bits per heavy atom. The Hall–Kier alpha value is -0.580. The van der Waals surface area contributed by atoms with E-state index in [1.165, 1.54) is 31.4 Å². The van der Waals surface area contributed by atoms with Crippen LogP contribution in [0.3, 0.4) is 0 Å². The van der Waals surface area contributed by atoms with Gasteiger partial charge in [0.25, 0.3) is 0 Å². The third-order valence-corrected chi connectivity index (χ3v) is 4.33. The van der Waals surface area contributed by atoms with Crippen molar-refractivity contribution in [2.45, 2.75) is 46.1 Å². The molecule has 1 N–H and O–H groups in total. The Balaban J connectivity index is 1.91. The largest absolute Gasteiger partial charge is 0.311 e. The number of hydrogen-bond donors (Lipinski definition) is 1. The van der Waals surface area contributed by atoms with Crippen LogP contribution >= 0.6 is 22.9 Å². The van der Waals surface area contributed by atoms with Crippen molar-refractivity contribution in [3.63, 3.8) is 0 Å². The third kappa shape index (κ3) is 3.05. The first-order valence-corrected chi connectivity index (χ1v) is 7.81. The van der Waals surface area contributed by atoms with Crippen LogP contribution in [0.25, 0.3) is 4.96 Å². The summed E-state index contributed by atoms with van der Waals surface area (Å²) in [4.78, 5) is 5.36. The quantitative estimate of drug-likeness (QED) is 0.778. The predicted molar refractivity (Wildman–Crippen MR) is 78.7 cm³/mol. The van der Waals surface area contributed by atoms with Crippen LogP contribution in [0.1, 0.15) is 44.0 Å². The Morgan fingerprint density at radius 2 is 2.22 bits per heavy atom. The number of unbranched alkanes of at least 4 members (excludes halogenated alkanes) is 3. The first-order valence-electron chi connectivity index (χ1n) is 6.55. The van der Waals surface area contributed by atoms with Gasteiger partial charge in [-0.3, -0.25) is 4.40 Å². The van der Waals surface area contributed by atoms with E-state index in [1.54, 1.807) is 11.3 Å². The van der Waals surface area contributed by atoms with Gasteiger partial charge in [-0.15, -0.1) is 11.3 Å². The van der Waals surface area contributed by atoms with E-state index >= 15 is 0 Å². The van der Waals surface area contributed by atoms with E-state index in [9.17, 15) is 0 Å². The van der Waals surface area contributed by atoms with Crippen molar-refractivity contribution in [3.8, 4) is 0 Å². The predicted octanol–water partition coefficient (Wildman–Crippen LogP) is 4.03. The molecule has 3 nitrogen and oxygen atoms in total. The second-order valence-corrected chi connectivity index (χ2v) is 5.78. The topological polar surface area (TPSA) is 29.3 Å². The molecule has 0 aliphatic carbocycles. The van der Waals surface area contributed by atoms with E-state index in [1.807, 2.05) is 0 Å². The van der Waals surface area contributed by atoms with Crippen molar-refractivity contribution in [3.05, 3.63) is 21.9 Å². The molecule has 0 fully saturated rings. The molecule has 0 spiro atoms. The second kappa shape index (κ2) is 6.55. The van der Waals surface area contributed by atoms with Gasteiger partial charge in [0.2, 0.25) is 0 Å². The number of rotatable bonds is 7. The number of hydrogen-bond acceptors (Lipinski definition) is 3. The van der Waals surface area contributed by atoms with Crippen LogP contribution in [-0.4, -0.2) is 15.9 Å². The highest BCUT2D eigenvalue weighted by Gasteiger charge is 2.12. The van der Waals surface area contributed by atoms with E-state index in [-0.39, 0.29) is 0 Å². The lowest BCUT2D eigenvalue weighted by Gasteiger charge is -2.05. The fraction of sp³-hybridized carbons (Fsp3) is 0.615. The zero-order valence-corrected chi connectivity index (χ0v) is 12.6. The summed E-state index contributed by atoms with van der Waals surface area (Å²) in [5.41, 5.74) is 2.29. The van der Waals surface area contributed by atoms with Gasteiger partial charge in [-0.25, -0.2) is 4.98 Å². The van der Waals surface area contributed by atoms with Crippen LogP contribution in [-0.2, 0) is 6.54 Å². The van der Waals surface area contributed by atoms with Gasteiger partial charge in [-0.05, 0) is 19.9 Å². The SMILES string of the molecule is CCCCCCNCc1c(Cl)nc2scc(C)n12. The number of halogens is 1. The van der Waals surface area contributed by atoms with Crippen molar-refractivity contribution in [1.29, 1.82) is 0 Å². The van der Waals surface area contributed by atoms with E-state index in [4.69, 9.17) is 11.6 Å². The average Bonchev–Trinajstić information content (AvgIpc) is 2.85. The first kappa shape index (κ1) is 13.8. The molecule has 0 bridgehead atoms. The lowest BCUT2D eigenvalue weighted by atomic mass is 10.2. The smallest absolute Gasteiger partial charge is 0.195 e. The fourth-order valence-electron chi connectivity index (χ4n) is 2.08. The Kier molecular flexibility index (Phi) is 5.03. The van der Waals surface area contributed by atoms with Crippen LogP contribution in [0.4, 0.5) is 0 Å². The standard InChI is InChI=1S/C13H20ClN3S/c1-3-4-5-6-7-15-8-11-12(14)16-13-17(11)10(2)9-18-13/h9,15H,3-8H2,1-2H3. The third-order valence-electron chi connectivity index (χ3n) is 3.08. The molecule has 0 atom stereocenters. The van der Waals surface area contributed by atoms with Crippen LogP contribution < -0.4 is 5.32 Å². The van der Waals surface area contributed by atoms with E-state index in [0.717, 1.165) is 23.7 Å². The Labute approximate surface area is 117 Å². The molecule has 0 unspecified atom stereocenters. The Bertz CT molecular complexity index is 504. The summed E-state index contributed by atoms with van der Waals surface area (Å²) in [5.74, 6) is 0. The minimum absolute atomic E-state index is 0.631. The molecule has 0 amide bonds. The maximum Gasteiger partial charge on any atom is 0.195 e. The molecule has 0 aromatic carbocycles. The van der Waals surface area contributed by atoms with Gasteiger partial charge in [-0.1, -0.05) is 37.8 Å². The minimum atomic E-state index is 0.631. The number of aromatic nitrogens is 2. The molecule has 2 aromatic heterocycles. The summed E-state index contributed by atoms with van der Waals surface area (Å²) >= 11 is 7.82. The van der Waals surface area contributed by atoms with Gasteiger partial charge in [0, 0.05) is 17.6 Å². The van der Waals surface area contributed by atoms with Gasteiger partial charge < -0.3 is 5.32 Å². The number of imidazole rings is 1. The van der Waals surface area contributed by atoms with Crippen molar-refractivity contribution < 1.29 is 0 Å². The lowest BCUT2D eigenvalue weighted by Crippen LogP contribution is -2.16. The number of thiazole rings is 1. The average molecular weight is 286 g/mol. The first-order chi connectivity index (χ1) is 8.74. The Morgan fingerprint density at radius 3 is 3.00 bits per heavy atom. The highest BCUT2D eigenvalue weighted by molar-refractivity contribution is 7.15. The van der Waals surface area contributed by atoms with Gasteiger partial charge in [-0.2, -0.15) is 0 Å². The van der Waals surface area contributed by atoms with Crippen LogP contribution in [0.15, 0.2) is 5.38 Å². The second-order valence-electron chi connectivity index (χ2n) is 4.58. The zero-order chi connectivity index (χ0) is 13.0. The van der Waals surface area contributed by atoms with Crippen molar-refractivity contribution in [2.24, 2.45) is 0 Å². The summed E-state index contributed by atoms with van der Waals surface area (Å²) in [6, 6.07) is 0. The van der Waals surface area contributed by atoms with E-state index in [0.29, 0.717) is 5.15 Å². The molecule has 0 aliphatic heterocycles. The number of nitrogens with zero attached hydrogens (tertiary/aromatic N) is 2. The lowest BCUT2D eigenvalue weighted by molar-refractivity contribution is 0.592. The van der Waals surface area contributed by atoms with E-state index < -0.39 is 0 Å². The number of fused-ring (bicyclic) bond motifs is 1. The molecule has 18 heavy (non-hydrogen) atoms. The van der Waals surface area contributed by atoms with Crippen LogP contribution in [0.5, 0.6) is 0 Å². The normalized spacial score (nSPS) is 11.5. The summed E-state index contributed by atoms with van der Waals surface area (Å²) in [6.45, 7) is 6.16. The highest BCUT2D eigenvalue weighted by atomic mass is 35.5. The molecular weight excluding hydrogens is 266 g/mol. The number of aryl methyl sites for hydroxylation is 1. The number of nitrogens with one attached hydrogen (secondary N) is 1. The van der Waals surface area contributed by atoms with Crippen molar-refractivity contribution >= 4 is 27.9 Å². The molecule has 2 rings (SSSR count). The van der Waals surface area contributed by atoms with E-state index in [2.05, 4.69) is 33.9 Å². The highest BCUT2D eigenvalue weighted by Crippen LogP contribution is 2.23. The van der Waals surface area contributed by atoms with Crippen LogP contribution in [0, 0.1) is 6.92 Å². The molecular formula is C13H20ClN3S. The summed E-state index contributed by atoms with van der Waals surface area (Å²) in [5, 5.41) is 6.20. The van der Waals surface area contributed by atoms with Crippen molar-refractivity contribution in [1.82, 2.24) is 14.7 Å². The monoisotopic (exact) mass is 285 g/mol. The van der Waals surface area contributed by atoms with Crippen molar-refractivity contribution in [2.75, 3.05) is 6.54 Å². The molecule has 0 saturated heterocycles. The minimum Gasteiger partial charge on any atom is -0.311 e. The van der Waals surface area contributed by atoms with Gasteiger partial charge in [0.05, 0.1) is 5.69 Å². The molecule has 5 heteroatoms. The molecule has 2 heterocycles. The van der Waals surface area contributed by atoms with Gasteiger partial charge >= 0.3 is 0 Å². The van der Waals surface area contributed by atoms with Gasteiger partial charge in [0.1, 0.15) is 0 Å². The van der Waals surface area contributed by atoms with Gasteiger partial charge in [0.15, 0.2) is 10.1 Å². The maximum absolute atomic E-state index is 6.18. The molecule has 100 valence electrons. The summed E-state index contributed by atoms with van der Waals surface area (Å²) in [7, 11) is 0. The fourth-order valence-corrected chi connectivity index (χ4v) is 3.24. The molecule has 0 saturated carbocycles. The summed E-state index contributed by atoms with van der Waals surface area (Å²) in [6.07, 6.45) is 5.14. The van der Waals surface area contributed by atoms with Crippen LogP contribution in [0.2, 0.25) is 5.15 Å². The molecule has 0 radical (unpaired) electrons.